The number of thioether (sulfide) groups is 1. The van der Waals surface area contributed by atoms with Crippen molar-refractivity contribution in [2.75, 3.05) is 6.61 Å². The number of rotatable bonds is 8. The van der Waals surface area contributed by atoms with Crippen molar-refractivity contribution >= 4 is 57.0 Å². The van der Waals surface area contributed by atoms with Crippen molar-refractivity contribution in [3.8, 4) is 11.5 Å². The van der Waals surface area contributed by atoms with E-state index in [0.29, 0.717) is 35.2 Å². The van der Waals surface area contributed by atoms with E-state index in [-0.39, 0.29) is 4.32 Å². The first-order valence-electron chi connectivity index (χ1n) is 12.0. The van der Waals surface area contributed by atoms with Crippen LogP contribution in [0.25, 0.3) is 16.8 Å². The van der Waals surface area contributed by atoms with E-state index in [1.807, 2.05) is 49.4 Å². The molecular weight excluding hydrogens is 516 g/mol. The summed E-state index contributed by atoms with van der Waals surface area (Å²) in [5.74, 6) is 0.391. The Balaban J connectivity index is 1.32. The van der Waals surface area contributed by atoms with Crippen LogP contribution < -0.4 is 14.9 Å². The highest BCUT2D eigenvalue weighted by Gasteiger charge is 2.33. The summed E-state index contributed by atoms with van der Waals surface area (Å²) in [5.41, 5.74) is 4.86. The molecule has 0 aliphatic carbocycles. The Labute approximate surface area is 230 Å². The second-order valence-electron chi connectivity index (χ2n) is 8.39. The van der Waals surface area contributed by atoms with Gasteiger partial charge in [-0.15, -0.1) is 0 Å². The van der Waals surface area contributed by atoms with Crippen LogP contribution in [0, 0.1) is 0 Å². The fourth-order valence-corrected chi connectivity index (χ4v) is 5.23. The summed E-state index contributed by atoms with van der Waals surface area (Å²) < 4.78 is 12.3. The van der Waals surface area contributed by atoms with Crippen molar-refractivity contribution < 1.29 is 19.1 Å². The molecule has 38 heavy (non-hydrogen) atoms. The fourth-order valence-electron chi connectivity index (χ4n) is 4.05. The van der Waals surface area contributed by atoms with Crippen molar-refractivity contribution in [2.45, 2.75) is 13.5 Å². The molecule has 1 saturated heterocycles. The predicted molar refractivity (Wildman–Crippen MR) is 155 cm³/mol. The quantitative estimate of drug-likeness (QED) is 0.207. The number of ether oxygens (including phenoxy) is 2. The summed E-state index contributed by atoms with van der Waals surface area (Å²) in [5, 5.41) is 3.41. The Bertz CT molecular complexity index is 1550. The van der Waals surface area contributed by atoms with Crippen LogP contribution in [-0.2, 0) is 11.4 Å². The van der Waals surface area contributed by atoms with Crippen LogP contribution in [-0.4, -0.2) is 27.8 Å². The van der Waals surface area contributed by atoms with Gasteiger partial charge in [0.2, 0.25) is 0 Å². The van der Waals surface area contributed by atoms with Crippen LogP contribution in [0.15, 0.2) is 95.9 Å². The molecule has 0 saturated carbocycles. The Morgan fingerprint density at radius 2 is 1.71 bits per heavy atom. The molecule has 0 radical (unpaired) electrons. The average molecular weight is 541 g/mol. The summed E-state index contributed by atoms with van der Waals surface area (Å²) in [4.78, 5) is 25.9. The summed E-state index contributed by atoms with van der Waals surface area (Å²) in [6, 6.07) is 28.5. The van der Waals surface area contributed by atoms with Crippen LogP contribution in [0.5, 0.6) is 11.5 Å². The number of fused-ring (bicyclic) bond motifs is 1. The second kappa shape index (κ2) is 11.5. The van der Waals surface area contributed by atoms with Gasteiger partial charge in [0.25, 0.3) is 11.8 Å². The molecule has 4 aromatic carbocycles. The smallest absolute Gasteiger partial charge is 0.285 e. The minimum absolute atomic E-state index is 0.255. The number of nitrogens with one attached hydrogen (secondary N) is 1. The van der Waals surface area contributed by atoms with E-state index in [0.717, 1.165) is 38.7 Å². The third kappa shape index (κ3) is 5.56. The molecule has 1 aliphatic rings. The average Bonchev–Trinajstić information content (AvgIpc) is 3.20. The molecule has 190 valence electrons. The largest absolute Gasteiger partial charge is 0.490 e. The monoisotopic (exact) mass is 540 g/mol. The number of hydrogen-bond donors (Lipinski definition) is 1. The van der Waals surface area contributed by atoms with E-state index >= 15 is 0 Å². The van der Waals surface area contributed by atoms with Crippen LogP contribution in [0.1, 0.15) is 28.4 Å². The number of thiocarbonyl (C=S) groups is 1. The first-order valence-corrected chi connectivity index (χ1v) is 13.3. The van der Waals surface area contributed by atoms with E-state index in [2.05, 4.69) is 29.7 Å². The molecule has 1 N–H and O–H groups in total. The van der Waals surface area contributed by atoms with E-state index in [4.69, 9.17) is 21.7 Å². The molecular formula is C30H24N2O4S2. The molecule has 6 nitrogen and oxygen atoms in total. The van der Waals surface area contributed by atoms with Gasteiger partial charge in [-0.1, -0.05) is 78.5 Å². The number of hydrogen-bond acceptors (Lipinski definition) is 6. The zero-order chi connectivity index (χ0) is 26.5. The molecule has 0 atom stereocenters. The molecule has 0 spiro atoms. The van der Waals surface area contributed by atoms with Crippen molar-refractivity contribution in [3.05, 3.63) is 113 Å². The maximum Gasteiger partial charge on any atom is 0.285 e. The summed E-state index contributed by atoms with van der Waals surface area (Å²) >= 11 is 6.48. The third-order valence-electron chi connectivity index (χ3n) is 5.87. The lowest BCUT2D eigenvalue weighted by Gasteiger charge is -2.15. The minimum Gasteiger partial charge on any atom is -0.490 e. The topological polar surface area (TPSA) is 67.9 Å². The van der Waals surface area contributed by atoms with E-state index in [1.165, 1.54) is 0 Å². The summed E-state index contributed by atoms with van der Waals surface area (Å²) in [6.45, 7) is 2.75. The summed E-state index contributed by atoms with van der Waals surface area (Å²) in [7, 11) is 0. The van der Waals surface area contributed by atoms with Gasteiger partial charge in [-0.3, -0.25) is 15.0 Å². The van der Waals surface area contributed by atoms with Gasteiger partial charge in [-0.2, -0.15) is 5.01 Å². The van der Waals surface area contributed by atoms with E-state index < -0.39 is 11.8 Å². The van der Waals surface area contributed by atoms with E-state index in [1.54, 1.807) is 30.3 Å². The predicted octanol–water partition coefficient (Wildman–Crippen LogP) is 6.36. The molecule has 5 rings (SSSR count). The minimum atomic E-state index is -0.408. The zero-order valence-electron chi connectivity index (χ0n) is 20.5. The van der Waals surface area contributed by atoms with Crippen molar-refractivity contribution in [2.24, 2.45) is 0 Å². The van der Waals surface area contributed by atoms with Crippen LogP contribution in [0.2, 0.25) is 0 Å². The molecule has 1 heterocycles. The molecule has 2 amide bonds. The van der Waals surface area contributed by atoms with Gasteiger partial charge in [-0.25, -0.2) is 0 Å². The molecule has 0 unspecified atom stereocenters. The third-order valence-corrected chi connectivity index (χ3v) is 7.17. The SMILES string of the molecule is CCOc1cc(/C=C2/SC(=S)N(NC(=O)c3ccccc3)C2=O)ccc1OCc1cccc2ccccc12. The lowest BCUT2D eigenvalue weighted by Crippen LogP contribution is -2.44. The first-order chi connectivity index (χ1) is 18.5. The molecule has 0 aromatic heterocycles. The Hall–Kier alpha value is -4.14. The van der Waals surface area contributed by atoms with Crippen molar-refractivity contribution in [1.29, 1.82) is 0 Å². The maximum atomic E-state index is 13.0. The number of hydrazine groups is 1. The van der Waals surface area contributed by atoms with Crippen LogP contribution in [0.4, 0.5) is 0 Å². The highest BCUT2D eigenvalue weighted by atomic mass is 32.2. The molecule has 8 heteroatoms. The Kier molecular flexibility index (Phi) is 7.72. The zero-order valence-corrected chi connectivity index (χ0v) is 22.2. The Morgan fingerprint density at radius 3 is 2.53 bits per heavy atom. The number of carbonyl (C=O) groups is 2. The Morgan fingerprint density at radius 1 is 0.947 bits per heavy atom. The normalized spacial score (nSPS) is 14.2. The maximum absolute atomic E-state index is 13.0. The van der Waals surface area contributed by atoms with Gasteiger partial charge in [0.15, 0.2) is 15.8 Å². The van der Waals surface area contributed by atoms with Crippen LogP contribution in [0.3, 0.4) is 0 Å². The number of amides is 2. The fraction of sp³-hybridized carbons (Fsp3) is 0.100. The highest BCUT2D eigenvalue weighted by molar-refractivity contribution is 8.26. The van der Waals surface area contributed by atoms with Crippen molar-refractivity contribution in [1.82, 2.24) is 10.4 Å². The lowest BCUT2D eigenvalue weighted by molar-refractivity contribution is -0.123. The number of nitrogens with zero attached hydrogens (tertiary/aromatic N) is 1. The van der Waals surface area contributed by atoms with Gasteiger partial charge in [0.05, 0.1) is 11.5 Å². The van der Waals surface area contributed by atoms with Crippen molar-refractivity contribution in [3.63, 3.8) is 0 Å². The molecule has 0 bridgehead atoms. The second-order valence-corrected chi connectivity index (χ2v) is 10.1. The van der Waals surface area contributed by atoms with Gasteiger partial charge in [0, 0.05) is 5.56 Å². The lowest BCUT2D eigenvalue weighted by atomic mass is 10.1. The molecule has 4 aromatic rings. The van der Waals surface area contributed by atoms with Gasteiger partial charge in [-0.05, 0) is 71.4 Å². The van der Waals surface area contributed by atoms with Gasteiger partial charge in [0.1, 0.15) is 6.61 Å². The summed E-state index contributed by atoms with van der Waals surface area (Å²) in [6.07, 6.45) is 1.73. The molecule has 1 fully saturated rings. The highest BCUT2D eigenvalue weighted by Crippen LogP contribution is 2.35. The van der Waals surface area contributed by atoms with Gasteiger partial charge < -0.3 is 9.47 Å². The standard InChI is InChI=1S/C30H24N2O4S2/c1-2-35-26-17-20(15-16-25(26)36-19-23-13-8-12-21-9-6-7-14-24(21)23)18-27-29(34)32(30(37)38-27)31-28(33)22-10-4-3-5-11-22/h3-18H,2,19H2,1H3,(H,31,33)/b27-18+. The van der Waals surface area contributed by atoms with E-state index in [9.17, 15) is 9.59 Å². The van der Waals surface area contributed by atoms with Crippen LogP contribution >= 0.6 is 24.0 Å². The first kappa shape index (κ1) is 25.5. The number of benzene rings is 4. The van der Waals surface area contributed by atoms with Gasteiger partial charge >= 0.3 is 0 Å². The molecule has 1 aliphatic heterocycles. The number of carbonyl (C=O) groups excluding carboxylic acids is 2.